The Hall–Kier alpha value is -0.760. The summed E-state index contributed by atoms with van der Waals surface area (Å²) in [6.45, 7) is 5.55. The number of ether oxygens (including phenoxy) is 2. The number of rotatable bonds is 32. The van der Waals surface area contributed by atoms with Gasteiger partial charge in [-0.15, -0.1) is 0 Å². The van der Waals surface area contributed by atoms with Gasteiger partial charge in [-0.05, 0) is 38.5 Å². The molecule has 0 fully saturated rings. The molecule has 9 heteroatoms. The lowest BCUT2D eigenvalue weighted by Gasteiger charge is -2.24. The zero-order valence-corrected chi connectivity index (χ0v) is 29.6. The Morgan fingerprint density at radius 3 is 1.79 bits per heavy atom. The van der Waals surface area contributed by atoms with E-state index in [1.165, 1.54) is 89.9 Å². The Morgan fingerprint density at radius 2 is 1.21 bits per heavy atom. The number of likely N-dealkylation sites (N-methyl/N-ethyl adjacent to an activating group) is 1. The summed E-state index contributed by atoms with van der Waals surface area (Å²) in [6, 6.07) is 0. The van der Waals surface area contributed by atoms with E-state index in [1.807, 2.05) is 21.1 Å². The second-order valence-electron chi connectivity index (χ2n) is 12.9. The van der Waals surface area contributed by atoms with E-state index in [-0.39, 0.29) is 25.8 Å². The molecule has 2 atom stereocenters. The monoisotopic (exact) mass is 634 g/mol. The minimum absolute atomic E-state index is 0.0896. The molecule has 0 heterocycles. The summed E-state index contributed by atoms with van der Waals surface area (Å²) < 4.78 is 34.6. The summed E-state index contributed by atoms with van der Waals surface area (Å²) >= 11 is 0. The van der Waals surface area contributed by atoms with Crippen molar-refractivity contribution in [1.29, 1.82) is 0 Å². The minimum Gasteiger partial charge on any atom is -0.457 e. The summed E-state index contributed by atoms with van der Waals surface area (Å²) in [5.41, 5.74) is 0. The fraction of sp³-hybridized carbons (Fsp3) is 0.912. The van der Waals surface area contributed by atoms with E-state index < -0.39 is 13.9 Å². The van der Waals surface area contributed by atoms with Crippen LogP contribution < -0.4 is 0 Å². The van der Waals surface area contributed by atoms with Crippen LogP contribution in [0, 0.1) is 0 Å². The second kappa shape index (κ2) is 28.7. The summed E-state index contributed by atoms with van der Waals surface area (Å²) in [6.07, 6.45) is 26.7. The molecule has 0 aliphatic rings. The molecule has 0 amide bonds. The fourth-order valence-corrected chi connectivity index (χ4v) is 5.29. The first-order chi connectivity index (χ1) is 20.6. The van der Waals surface area contributed by atoms with Crippen LogP contribution in [0.15, 0.2) is 12.2 Å². The Bertz CT molecular complexity index is 711. The number of esters is 1. The van der Waals surface area contributed by atoms with Crippen molar-refractivity contribution in [2.24, 2.45) is 0 Å². The molecule has 8 nitrogen and oxygen atoms in total. The molecule has 0 aromatic carbocycles. The number of unbranched alkanes of at least 4 members (excludes halogenated alkanes) is 16. The standard InChI is InChI=1S/C34H68NO7P/c1-6-8-10-12-14-15-16-17-18-19-20-22-24-26-29-39-31-33(32-41-43(37,38)40-30-28-35(3,4)5)42-34(36)27-25-23-21-13-11-9-7-2/h15-16,33H,6-14,17-32H2,1-5H3/p+1/b16-15-. The van der Waals surface area contributed by atoms with Crippen LogP contribution in [-0.2, 0) is 27.9 Å². The van der Waals surface area contributed by atoms with Gasteiger partial charge in [0.1, 0.15) is 19.3 Å². The van der Waals surface area contributed by atoms with Crippen molar-refractivity contribution in [2.45, 2.75) is 148 Å². The maximum atomic E-state index is 12.5. The Kier molecular flexibility index (Phi) is 28.2. The van der Waals surface area contributed by atoms with Gasteiger partial charge in [-0.3, -0.25) is 13.8 Å². The molecule has 0 aromatic heterocycles. The molecule has 2 unspecified atom stereocenters. The lowest BCUT2D eigenvalue weighted by Crippen LogP contribution is -2.37. The number of phosphoric ester groups is 1. The lowest BCUT2D eigenvalue weighted by atomic mass is 10.1. The number of carbonyl (C=O) groups is 1. The van der Waals surface area contributed by atoms with E-state index in [2.05, 4.69) is 26.0 Å². The van der Waals surface area contributed by atoms with Crippen LogP contribution in [0.4, 0.5) is 0 Å². The Balaban J connectivity index is 4.27. The average Bonchev–Trinajstić information content (AvgIpc) is 2.94. The molecule has 1 N–H and O–H groups in total. The maximum absolute atomic E-state index is 12.5. The lowest BCUT2D eigenvalue weighted by molar-refractivity contribution is -0.870. The molecule has 43 heavy (non-hydrogen) atoms. The highest BCUT2D eigenvalue weighted by Gasteiger charge is 2.26. The molecule has 0 saturated heterocycles. The smallest absolute Gasteiger partial charge is 0.457 e. The molecule has 0 rings (SSSR count). The number of allylic oxidation sites excluding steroid dienone is 2. The Labute approximate surface area is 265 Å². The van der Waals surface area contributed by atoms with Crippen molar-refractivity contribution in [3.05, 3.63) is 12.2 Å². The van der Waals surface area contributed by atoms with E-state index in [0.29, 0.717) is 24.1 Å². The van der Waals surface area contributed by atoms with Gasteiger partial charge in [0, 0.05) is 13.0 Å². The van der Waals surface area contributed by atoms with Gasteiger partial charge >= 0.3 is 13.8 Å². The zero-order chi connectivity index (χ0) is 32.1. The van der Waals surface area contributed by atoms with Crippen molar-refractivity contribution >= 4 is 13.8 Å². The molecule has 0 aliphatic carbocycles. The highest BCUT2D eigenvalue weighted by atomic mass is 31.2. The number of phosphoric acid groups is 1. The van der Waals surface area contributed by atoms with Crippen molar-refractivity contribution in [3.63, 3.8) is 0 Å². The average molecular weight is 635 g/mol. The predicted molar refractivity (Wildman–Crippen MR) is 178 cm³/mol. The van der Waals surface area contributed by atoms with Crippen LogP contribution in [0.3, 0.4) is 0 Å². The first-order valence-corrected chi connectivity index (χ1v) is 18.9. The van der Waals surface area contributed by atoms with Crippen molar-refractivity contribution in [2.75, 3.05) is 54.1 Å². The van der Waals surface area contributed by atoms with Gasteiger partial charge in [0.15, 0.2) is 0 Å². The molecular weight excluding hydrogens is 565 g/mol. The van der Waals surface area contributed by atoms with Crippen LogP contribution in [-0.4, -0.2) is 75.6 Å². The van der Waals surface area contributed by atoms with E-state index >= 15 is 0 Å². The molecular formula is C34H69NO7P+. The minimum atomic E-state index is -4.25. The van der Waals surface area contributed by atoms with E-state index in [4.69, 9.17) is 18.5 Å². The molecule has 0 aromatic rings. The van der Waals surface area contributed by atoms with Crippen LogP contribution in [0.1, 0.15) is 142 Å². The number of hydrogen-bond acceptors (Lipinski definition) is 6. The largest absolute Gasteiger partial charge is 0.472 e. The zero-order valence-electron chi connectivity index (χ0n) is 28.7. The number of quaternary nitrogens is 1. The van der Waals surface area contributed by atoms with Gasteiger partial charge in [0.2, 0.25) is 0 Å². The maximum Gasteiger partial charge on any atom is 0.472 e. The summed E-state index contributed by atoms with van der Waals surface area (Å²) in [7, 11) is 1.66. The van der Waals surface area contributed by atoms with Crippen LogP contribution in [0.25, 0.3) is 0 Å². The highest BCUT2D eigenvalue weighted by Crippen LogP contribution is 2.43. The van der Waals surface area contributed by atoms with Crippen molar-refractivity contribution in [1.82, 2.24) is 0 Å². The van der Waals surface area contributed by atoms with Crippen molar-refractivity contribution < 1.29 is 37.3 Å². The van der Waals surface area contributed by atoms with Crippen LogP contribution in [0.5, 0.6) is 0 Å². The number of carbonyl (C=O) groups excluding carboxylic acids is 1. The van der Waals surface area contributed by atoms with Crippen molar-refractivity contribution in [3.8, 4) is 0 Å². The van der Waals surface area contributed by atoms with E-state index in [1.54, 1.807) is 0 Å². The quantitative estimate of drug-likeness (QED) is 0.0259. The first kappa shape index (κ1) is 42.2. The van der Waals surface area contributed by atoms with Gasteiger partial charge in [-0.25, -0.2) is 4.57 Å². The molecule has 0 saturated carbocycles. The van der Waals surface area contributed by atoms with Gasteiger partial charge < -0.3 is 18.9 Å². The number of nitrogens with zero attached hydrogens (tertiary/aromatic N) is 1. The first-order valence-electron chi connectivity index (χ1n) is 17.4. The third kappa shape index (κ3) is 32.4. The third-order valence-electron chi connectivity index (χ3n) is 7.33. The number of hydrogen-bond donors (Lipinski definition) is 1. The van der Waals surface area contributed by atoms with Gasteiger partial charge in [-0.1, -0.05) is 109 Å². The molecule has 0 aliphatic heterocycles. The third-order valence-corrected chi connectivity index (χ3v) is 8.31. The van der Waals surface area contributed by atoms with E-state index in [9.17, 15) is 14.3 Å². The molecule has 0 radical (unpaired) electrons. The normalized spacial score (nSPS) is 14.3. The summed E-state index contributed by atoms with van der Waals surface area (Å²) in [4.78, 5) is 22.6. The molecule has 0 bridgehead atoms. The summed E-state index contributed by atoms with van der Waals surface area (Å²) in [5.74, 6) is -0.323. The van der Waals surface area contributed by atoms with Gasteiger partial charge in [0.05, 0.1) is 34.4 Å². The summed E-state index contributed by atoms with van der Waals surface area (Å²) in [5, 5.41) is 0. The fourth-order valence-electron chi connectivity index (χ4n) is 4.54. The molecule has 0 spiro atoms. The Morgan fingerprint density at radius 1 is 0.698 bits per heavy atom. The van der Waals surface area contributed by atoms with Gasteiger partial charge in [-0.2, -0.15) is 0 Å². The SMILES string of the molecule is CCCCCC/C=C\CCCCCCCCOCC(COP(=O)(O)OCC[N+](C)(C)C)OC(=O)CCCCCCCCC. The highest BCUT2D eigenvalue weighted by molar-refractivity contribution is 7.47. The van der Waals surface area contributed by atoms with E-state index in [0.717, 1.165) is 32.1 Å². The second-order valence-corrected chi connectivity index (χ2v) is 14.4. The predicted octanol–water partition coefficient (Wildman–Crippen LogP) is 9.15. The topological polar surface area (TPSA) is 91.3 Å². The van der Waals surface area contributed by atoms with Crippen LogP contribution in [0.2, 0.25) is 0 Å². The van der Waals surface area contributed by atoms with Crippen LogP contribution >= 0.6 is 7.82 Å². The molecule has 256 valence electrons. The van der Waals surface area contributed by atoms with Gasteiger partial charge in [0.25, 0.3) is 0 Å².